The highest BCUT2D eigenvalue weighted by Gasteiger charge is 2.25. The van der Waals surface area contributed by atoms with Crippen molar-refractivity contribution in [2.45, 2.75) is 30.0 Å². The van der Waals surface area contributed by atoms with Gasteiger partial charge in [0, 0.05) is 29.1 Å². The zero-order valence-corrected chi connectivity index (χ0v) is 17.3. The van der Waals surface area contributed by atoms with Crippen molar-refractivity contribution in [3.63, 3.8) is 0 Å². The molecule has 1 N–H and O–H groups in total. The molecule has 0 spiro atoms. The molecule has 1 aromatic heterocycles. The van der Waals surface area contributed by atoms with Crippen LogP contribution >= 0.6 is 11.8 Å². The van der Waals surface area contributed by atoms with E-state index in [0.717, 1.165) is 36.8 Å². The fourth-order valence-corrected chi connectivity index (χ4v) is 4.96. The number of imidazole rings is 1. The van der Waals surface area contributed by atoms with Crippen LogP contribution in [0.3, 0.4) is 0 Å². The number of aromatic nitrogens is 2. The highest BCUT2D eigenvalue weighted by molar-refractivity contribution is 7.99. The number of fused-ring (bicyclic) bond motifs is 1. The minimum Gasteiger partial charge on any atom is -0.497 e. The molecule has 0 aliphatic carbocycles. The summed E-state index contributed by atoms with van der Waals surface area (Å²) in [4.78, 5) is 11.3. The first kappa shape index (κ1) is 18.7. The van der Waals surface area contributed by atoms with Gasteiger partial charge in [-0.05, 0) is 48.7 Å². The highest BCUT2D eigenvalue weighted by Crippen LogP contribution is 2.47. The lowest BCUT2D eigenvalue weighted by Crippen LogP contribution is -2.24. The van der Waals surface area contributed by atoms with E-state index in [2.05, 4.69) is 52.1 Å². The number of nitrogens with zero attached hydrogens (tertiary/aromatic N) is 2. The Balaban J connectivity index is 1.67. The van der Waals surface area contributed by atoms with Gasteiger partial charge in [0.25, 0.3) is 0 Å². The van der Waals surface area contributed by atoms with Crippen molar-refractivity contribution >= 4 is 17.4 Å². The number of thioether (sulfide) groups is 1. The van der Waals surface area contributed by atoms with Crippen LogP contribution in [0.4, 0.5) is 5.69 Å². The molecule has 2 heterocycles. The van der Waals surface area contributed by atoms with E-state index in [1.807, 2.05) is 24.0 Å². The minimum absolute atomic E-state index is 0.372. The molecule has 3 aromatic rings. The smallest absolute Gasteiger partial charge is 0.125 e. The van der Waals surface area contributed by atoms with E-state index in [-0.39, 0.29) is 0 Å². The fraction of sp³-hybridized carbons (Fsp3) is 0.318. The van der Waals surface area contributed by atoms with Gasteiger partial charge in [-0.2, -0.15) is 0 Å². The lowest BCUT2D eigenvalue weighted by molar-refractivity contribution is 0.411. The average molecular weight is 396 g/mol. The molecule has 4 rings (SSSR count). The second-order valence-electron chi connectivity index (χ2n) is 6.92. The number of ether oxygens (including phenoxy) is 2. The number of aromatic amines is 1. The maximum atomic E-state index is 5.49. The number of hydrogen-bond acceptors (Lipinski definition) is 5. The molecule has 1 aliphatic rings. The molecule has 28 heavy (non-hydrogen) atoms. The topological polar surface area (TPSA) is 50.4 Å². The maximum absolute atomic E-state index is 5.49. The number of aryl methyl sites for hydroxylation is 1. The molecule has 0 saturated carbocycles. The van der Waals surface area contributed by atoms with E-state index < -0.39 is 0 Å². The average Bonchev–Trinajstić information content (AvgIpc) is 3.16. The quantitative estimate of drug-likeness (QED) is 0.660. The van der Waals surface area contributed by atoms with E-state index >= 15 is 0 Å². The van der Waals surface area contributed by atoms with Gasteiger partial charge in [0.05, 0.1) is 26.5 Å². The van der Waals surface area contributed by atoms with Crippen LogP contribution in [-0.4, -0.2) is 30.7 Å². The first-order valence-electron chi connectivity index (χ1n) is 9.40. The molecular weight excluding hydrogens is 370 g/mol. The summed E-state index contributed by atoms with van der Waals surface area (Å²) in [6.07, 6.45) is 4.73. The van der Waals surface area contributed by atoms with Gasteiger partial charge in [-0.1, -0.05) is 12.1 Å². The molecule has 0 saturated heterocycles. The van der Waals surface area contributed by atoms with Crippen molar-refractivity contribution in [1.82, 2.24) is 9.97 Å². The van der Waals surface area contributed by atoms with Gasteiger partial charge >= 0.3 is 0 Å². The summed E-state index contributed by atoms with van der Waals surface area (Å²) >= 11 is 1.91. The van der Waals surface area contributed by atoms with Gasteiger partial charge in [-0.25, -0.2) is 4.98 Å². The summed E-state index contributed by atoms with van der Waals surface area (Å²) in [5.41, 5.74) is 3.73. The minimum atomic E-state index is 0.372. The van der Waals surface area contributed by atoms with E-state index in [1.54, 1.807) is 20.4 Å². The molecule has 0 radical (unpaired) electrons. The van der Waals surface area contributed by atoms with Crippen molar-refractivity contribution < 1.29 is 9.47 Å². The summed E-state index contributed by atoms with van der Waals surface area (Å²) < 4.78 is 10.9. The molecule has 0 amide bonds. The summed E-state index contributed by atoms with van der Waals surface area (Å²) in [5, 5.41) is 0.372. The molecule has 1 atom stereocenters. The third-order valence-electron chi connectivity index (χ3n) is 5.12. The Labute approximate surface area is 170 Å². The second kappa shape index (κ2) is 8.19. The normalized spacial score (nSPS) is 16.4. The van der Waals surface area contributed by atoms with Crippen molar-refractivity contribution in [3.05, 3.63) is 65.7 Å². The Hall–Kier alpha value is -2.60. The molecule has 2 aromatic carbocycles. The van der Waals surface area contributed by atoms with Crippen LogP contribution in [0.25, 0.3) is 0 Å². The van der Waals surface area contributed by atoms with Gasteiger partial charge in [-0.3, -0.25) is 0 Å². The molecule has 6 heteroatoms. The van der Waals surface area contributed by atoms with Gasteiger partial charge in [0.2, 0.25) is 0 Å². The van der Waals surface area contributed by atoms with E-state index in [4.69, 9.17) is 9.47 Å². The predicted octanol–water partition coefficient (Wildman–Crippen LogP) is 4.98. The van der Waals surface area contributed by atoms with Crippen LogP contribution in [0.1, 0.15) is 28.6 Å². The molecule has 0 bridgehead atoms. The Kier molecular flexibility index (Phi) is 5.48. The number of rotatable bonds is 5. The van der Waals surface area contributed by atoms with Crippen LogP contribution in [0.15, 0.2) is 53.7 Å². The fourth-order valence-electron chi connectivity index (χ4n) is 3.65. The Morgan fingerprint density at radius 2 is 2.07 bits per heavy atom. The van der Waals surface area contributed by atoms with Crippen LogP contribution < -0.4 is 14.4 Å². The molecule has 1 aliphatic heterocycles. The third kappa shape index (κ3) is 3.83. The molecule has 5 nitrogen and oxygen atoms in total. The lowest BCUT2D eigenvalue weighted by atomic mass is 10.1. The Bertz CT molecular complexity index is 943. The summed E-state index contributed by atoms with van der Waals surface area (Å²) in [5.74, 6) is 2.80. The third-order valence-corrected chi connectivity index (χ3v) is 6.50. The first-order valence-corrected chi connectivity index (χ1v) is 10.3. The largest absolute Gasteiger partial charge is 0.497 e. The van der Waals surface area contributed by atoms with Crippen LogP contribution in [-0.2, 0) is 6.54 Å². The van der Waals surface area contributed by atoms with Crippen molar-refractivity contribution in [1.29, 1.82) is 0 Å². The summed E-state index contributed by atoms with van der Waals surface area (Å²) in [6.45, 7) is 3.83. The van der Waals surface area contributed by atoms with Gasteiger partial charge in [-0.15, -0.1) is 11.8 Å². The van der Waals surface area contributed by atoms with Crippen molar-refractivity contribution in [2.24, 2.45) is 0 Å². The standard InChI is InChI=1S/C22H25N3O2S/c1-15-12-16(4-7-19(15)27-3)20-8-11-25(14-22-23-9-10-24-22)18-6-5-17(26-2)13-21(18)28-20/h4-7,9-10,12-13,20H,8,11,14H2,1-3H3,(H,23,24). The molecule has 146 valence electrons. The van der Waals surface area contributed by atoms with Crippen molar-refractivity contribution in [3.8, 4) is 11.5 Å². The number of methoxy groups -OCH3 is 2. The lowest BCUT2D eigenvalue weighted by Gasteiger charge is -2.23. The number of H-pyrrole nitrogens is 1. The number of hydrogen-bond donors (Lipinski definition) is 1. The van der Waals surface area contributed by atoms with Crippen LogP contribution in [0.5, 0.6) is 11.5 Å². The number of benzene rings is 2. The van der Waals surface area contributed by atoms with Gasteiger partial charge < -0.3 is 19.4 Å². The number of anilines is 1. The van der Waals surface area contributed by atoms with Crippen molar-refractivity contribution in [2.75, 3.05) is 25.7 Å². The predicted molar refractivity (Wildman–Crippen MR) is 114 cm³/mol. The zero-order chi connectivity index (χ0) is 19.5. The first-order chi connectivity index (χ1) is 13.7. The van der Waals surface area contributed by atoms with Crippen LogP contribution in [0, 0.1) is 6.92 Å². The molecule has 0 fully saturated rings. The van der Waals surface area contributed by atoms with Crippen LogP contribution in [0.2, 0.25) is 0 Å². The summed E-state index contributed by atoms with van der Waals surface area (Å²) in [7, 11) is 3.44. The molecule has 1 unspecified atom stereocenters. The Morgan fingerprint density at radius 3 is 2.79 bits per heavy atom. The Morgan fingerprint density at radius 1 is 1.18 bits per heavy atom. The highest BCUT2D eigenvalue weighted by atomic mass is 32.2. The van der Waals surface area contributed by atoms with Gasteiger partial charge in [0.1, 0.15) is 17.3 Å². The monoisotopic (exact) mass is 395 g/mol. The zero-order valence-electron chi connectivity index (χ0n) is 16.4. The number of nitrogens with one attached hydrogen (secondary N) is 1. The van der Waals surface area contributed by atoms with E-state index in [9.17, 15) is 0 Å². The summed E-state index contributed by atoms with van der Waals surface area (Å²) in [6, 6.07) is 12.8. The SMILES string of the molecule is COc1ccc2c(c1)SC(c1ccc(OC)c(C)c1)CCN2Cc1ncc[nH]1. The van der Waals surface area contributed by atoms with E-state index in [1.165, 1.54) is 21.7 Å². The van der Waals surface area contributed by atoms with Gasteiger partial charge in [0.15, 0.2) is 0 Å². The molecular formula is C22H25N3O2S. The maximum Gasteiger partial charge on any atom is 0.125 e. The van der Waals surface area contributed by atoms with E-state index in [0.29, 0.717) is 5.25 Å². The second-order valence-corrected chi connectivity index (χ2v) is 8.16.